The molecule has 0 saturated carbocycles. The van der Waals surface area contributed by atoms with Crippen LogP contribution in [0.15, 0.2) is 36.9 Å². The molecule has 7 nitrogen and oxygen atoms in total. The highest BCUT2D eigenvalue weighted by atomic mass is 16.7. The monoisotopic (exact) mass is 411 g/mol. The predicted octanol–water partition coefficient (Wildman–Crippen LogP) is 3.73. The molecule has 0 unspecified atom stereocenters. The molecule has 0 saturated heterocycles. The van der Waals surface area contributed by atoms with E-state index in [1.54, 1.807) is 14.2 Å². The molecule has 0 radical (unpaired) electrons. The Labute approximate surface area is 175 Å². The number of benzene rings is 2. The van der Waals surface area contributed by atoms with E-state index in [1.165, 1.54) is 11.6 Å². The van der Waals surface area contributed by atoms with Crippen molar-refractivity contribution in [2.24, 2.45) is 0 Å². The van der Waals surface area contributed by atoms with Gasteiger partial charge < -0.3 is 29.0 Å². The van der Waals surface area contributed by atoms with E-state index in [-0.39, 0.29) is 19.4 Å². The third-order valence-electron chi connectivity index (χ3n) is 5.43. The molecular weight excluding hydrogens is 386 g/mol. The van der Waals surface area contributed by atoms with Crippen molar-refractivity contribution in [3.8, 4) is 23.0 Å². The van der Waals surface area contributed by atoms with Crippen molar-refractivity contribution < 1.29 is 28.5 Å². The second-order valence-electron chi connectivity index (χ2n) is 7.17. The maximum atomic E-state index is 12.4. The van der Waals surface area contributed by atoms with Gasteiger partial charge in [-0.3, -0.25) is 0 Å². The molecule has 0 spiro atoms. The average Bonchev–Trinajstić information content (AvgIpc) is 3.21. The van der Waals surface area contributed by atoms with Gasteiger partial charge in [0.25, 0.3) is 0 Å². The van der Waals surface area contributed by atoms with E-state index in [1.807, 2.05) is 24.3 Å². The minimum Gasteiger partial charge on any atom is -0.493 e. The van der Waals surface area contributed by atoms with Crippen LogP contribution >= 0.6 is 0 Å². The molecule has 1 atom stereocenters. The van der Waals surface area contributed by atoms with Crippen LogP contribution in [0.4, 0.5) is 4.79 Å². The SMILES string of the molecule is C=CCOC(=O)N[C@H]1Cc2cc3c(cc2CCc2cc(OC)c(OC)cc21)OCO3. The number of carbonyl (C=O) groups is 1. The van der Waals surface area contributed by atoms with Crippen molar-refractivity contribution in [2.75, 3.05) is 27.6 Å². The molecule has 2 aromatic carbocycles. The van der Waals surface area contributed by atoms with Crippen LogP contribution in [0.3, 0.4) is 0 Å². The summed E-state index contributed by atoms with van der Waals surface area (Å²) in [6, 6.07) is 7.65. The fourth-order valence-electron chi connectivity index (χ4n) is 3.97. The van der Waals surface area contributed by atoms with E-state index in [2.05, 4.69) is 11.9 Å². The number of fused-ring (bicyclic) bond motifs is 3. The van der Waals surface area contributed by atoms with Crippen molar-refractivity contribution >= 4 is 6.09 Å². The Bertz CT molecular complexity index is 971. The first kappa shape index (κ1) is 19.9. The maximum Gasteiger partial charge on any atom is 0.407 e. The van der Waals surface area contributed by atoms with Crippen molar-refractivity contribution in [1.82, 2.24) is 5.32 Å². The van der Waals surface area contributed by atoms with Gasteiger partial charge >= 0.3 is 6.09 Å². The number of rotatable bonds is 5. The number of amides is 1. The smallest absolute Gasteiger partial charge is 0.407 e. The van der Waals surface area contributed by atoms with Gasteiger partial charge in [-0.2, -0.15) is 0 Å². The number of nitrogens with one attached hydrogen (secondary N) is 1. The summed E-state index contributed by atoms with van der Waals surface area (Å²) in [5.41, 5.74) is 4.34. The van der Waals surface area contributed by atoms with Gasteiger partial charge in [0.15, 0.2) is 23.0 Å². The van der Waals surface area contributed by atoms with E-state index in [0.29, 0.717) is 17.9 Å². The molecule has 1 aliphatic heterocycles. The summed E-state index contributed by atoms with van der Waals surface area (Å²) in [6.07, 6.45) is 3.24. The van der Waals surface area contributed by atoms with Gasteiger partial charge in [-0.05, 0) is 65.8 Å². The number of alkyl carbamates (subject to hydrolysis) is 1. The number of aryl methyl sites for hydroxylation is 2. The average molecular weight is 411 g/mol. The molecule has 1 amide bonds. The first-order valence-electron chi connectivity index (χ1n) is 9.83. The fraction of sp³-hybridized carbons (Fsp3) is 0.348. The van der Waals surface area contributed by atoms with E-state index < -0.39 is 6.09 Å². The molecule has 7 heteroatoms. The summed E-state index contributed by atoms with van der Waals surface area (Å²) in [6.45, 7) is 3.96. The zero-order valence-electron chi connectivity index (χ0n) is 17.2. The van der Waals surface area contributed by atoms with Crippen LogP contribution in [-0.4, -0.2) is 33.7 Å². The van der Waals surface area contributed by atoms with Crippen molar-refractivity contribution in [1.29, 1.82) is 0 Å². The van der Waals surface area contributed by atoms with Crippen LogP contribution < -0.4 is 24.3 Å². The minimum atomic E-state index is -0.497. The van der Waals surface area contributed by atoms with Crippen LogP contribution in [0.2, 0.25) is 0 Å². The summed E-state index contributed by atoms with van der Waals surface area (Å²) in [5.74, 6) is 2.77. The van der Waals surface area contributed by atoms with E-state index in [0.717, 1.165) is 41.0 Å². The molecule has 4 rings (SSSR count). The maximum absolute atomic E-state index is 12.4. The molecule has 1 heterocycles. The molecule has 2 aromatic rings. The summed E-state index contributed by atoms with van der Waals surface area (Å²) in [4.78, 5) is 12.4. The molecule has 1 N–H and O–H groups in total. The molecule has 2 aliphatic rings. The third kappa shape index (κ3) is 3.87. The van der Waals surface area contributed by atoms with Crippen molar-refractivity contribution in [2.45, 2.75) is 25.3 Å². The first-order chi connectivity index (χ1) is 14.6. The summed E-state index contributed by atoms with van der Waals surface area (Å²) in [7, 11) is 3.22. The molecule has 158 valence electrons. The van der Waals surface area contributed by atoms with Crippen molar-refractivity contribution in [3.05, 3.63) is 59.2 Å². The van der Waals surface area contributed by atoms with Crippen molar-refractivity contribution in [3.63, 3.8) is 0 Å². The predicted molar refractivity (Wildman–Crippen MR) is 111 cm³/mol. The lowest BCUT2D eigenvalue weighted by molar-refractivity contribution is 0.154. The number of methoxy groups -OCH3 is 2. The highest BCUT2D eigenvalue weighted by Crippen LogP contribution is 2.40. The lowest BCUT2D eigenvalue weighted by Gasteiger charge is -2.27. The Morgan fingerprint density at radius 3 is 2.43 bits per heavy atom. The van der Waals surface area contributed by atoms with E-state index in [4.69, 9.17) is 23.7 Å². The topological polar surface area (TPSA) is 75.3 Å². The standard InChI is InChI=1S/C23H25NO6/c1-4-7-28-23(25)24-18-8-16-11-22-21(29-13-30-22)9-14(16)5-6-15-10-19(26-2)20(27-3)12-17(15)18/h4,9-12,18H,1,5-8,13H2,2-3H3,(H,24,25)/t18-/m0/s1. The summed E-state index contributed by atoms with van der Waals surface area (Å²) >= 11 is 0. The van der Waals surface area contributed by atoms with Crippen LogP contribution in [0.5, 0.6) is 23.0 Å². The van der Waals surface area contributed by atoms with E-state index in [9.17, 15) is 4.79 Å². The molecule has 0 bridgehead atoms. The van der Waals surface area contributed by atoms with Crippen LogP contribution in [0.25, 0.3) is 0 Å². The Balaban J connectivity index is 1.75. The zero-order valence-corrected chi connectivity index (χ0v) is 17.2. The number of hydrogen-bond acceptors (Lipinski definition) is 6. The lowest BCUT2D eigenvalue weighted by Crippen LogP contribution is -2.32. The second-order valence-corrected chi connectivity index (χ2v) is 7.17. The summed E-state index contributed by atoms with van der Waals surface area (Å²) < 4.78 is 27.3. The second kappa shape index (κ2) is 8.57. The number of ether oxygens (including phenoxy) is 5. The van der Waals surface area contributed by atoms with Gasteiger partial charge in [0.2, 0.25) is 6.79 Å². The molecular formula is C23H25NO6. The van der Waals surface area contributed by atoms with Gasteiger partial charge in [-0.15, -0.1) is 0 Å². The van der Waals surface area contributed by atoms with Crippen LogP contribution in [-0.2, 0) is 24.0 Å². The highest BCUT2D eigenvalue weighted by Gasteiger charge is 2.27. The summed E-state index contributed by atoms with van der Waals surface area (Å²) in [5, 5.41) is 3.00. The van der Waals surface area contributed by atoms with Gasteiger partial charge in [-0.25, -0.2) is 4.79 Å². The Morgan fingerprint density at radius 2 is 1.73 bits per heavy atom. The Hall–Kier alpha value is -3.35. The lowest BCUT2D eigenvalue weighted by atomic mass is 9.85. The Kier molecular flexibility index (Phi) is 5.70. The molecule has 30 heavy (non-hydrogen) atoms. The van der Waals surface area contributed by atoms with Gasteiger partial charge in [-0.1, -0.05) is 12.7 Å². The molecule has 0 aromatic heterocycles. The fourth-order valence-corrected chi connectivity index (χ4v) is 3.97. The highest BCUT2D eigenvalue weighted by molar-refractivity contribution is 5.68. The first-order valence-corrected chi connectivity index (χ1v) is 9.83. The van der Waals surface area contributed by atoms with E-state index >= 15 is 0 Å². The van der Waals surface area contributed by atoms with Gasteiger partial charge in [0.1, 0.15) is 6.61 Å². The number of hydrogen-bond donors (Lipinski definition) is 1. The normalized spacial score (nSPS) is 16.4. The number of carbonyl (C=O) groups excluding carboxylic acids is 1. The van der Waals surface area contributed by atoms with Gasteiger partial charge in [0, 0.05) is 0 Å². The quantitative estimate of drug-likeness (QED) is 0.756. The zero-order chi connectivity index (χ0) is 21.1. The molecule has 0 fully saturated rings. The van der Waals surface area contributed by atoms with Gasteiger partial charge in [0.05, 0.1) is 20.3 Å². The largest absolute Gasteiger partial charge is 0.493 e. The van der Waals surface area contributed by atoms with Crippen LogP contribution in [0.1, 0.15) is 28.3 Å². The minimum absolute atomic E-state index is 0.145. The third-order valence-corrected chi connectivity index (χ3v) is 5.43. The van der Waals surface area contributed by atoms with Crippen LogP contribution in [0, 0.1) is 0 Å². The Morgan fingerprint density at radius 1 is 1.07 bits per heavy atom. The molecule has 1 aliphatic carbocycles.